The molecule has 0 heterocycles. The van der Waals surface area contributed by atoms with Crippen molar-refractivity contribution in [3.63, 3.8) is 0 Å². The van der Waals surface area contributed by atoms with Crippen LogP contribution in [0.3, 0.4) is 0 Å². The van der Waals surface area contributed by atoms with Gasteiger partial charge in [-0.1, -0.05) is 0 Å². The van der Waals surface area contributed by atoms with Gasteiger partial charge in [0.15, 0.2) is 0 Å². The molecule has 0 atom stereocenters. The molecule has 0 spiro atoms. The van der Waals surface area contributed by atoms with Crippen molar-refractivity contribution in [2.24, 2.45) is 0 Å². The Morgan fingerprint density at radius 2 is 1.75 bits per heavy atom. The number of ether oxygens (including phenoxy) is 2. The minimum absolute atomic E-state index is 0.0348. The van der Waals surface area contributed by atoms with Gasteiger partial charge in [-0.05, 0) is 19.3 Å². The summed E-state index contributed by atoms with van der Waals surface area (Å²) >= 11 is 0. The van der Waals surface area contributed by atoms with Gasteiger partial charge in [-0.3, -0.25) is 4.79 Å². The number of carbonyl (C=O) groups is 2. The Morgan fingerprint density at radius 3 is 2.38 bits per heavy atom. The summed E-state index contributed by atoms with van der Waals surface area (Å²) in [6.45, 7) is 0.574. The number of carboxylic acid groups (broad SMARTS) is 1. The highest BCUT2D eigenvalue weighted by atomic mass is 16.6. The van der Waals surface area contributed by atoms with E-state index in [0.717, 1.165) is 0 Å². The van der Waals surface area contributed by atoms with Crippen LogP contribution >= 0.6 is 0 Å². The molecule has 0 rings (SSSR count). The van der Waals surface area contributed by atoms with Crippen LogP contribution in [0.2, 0.25) is 0 Å². The number of carbonyl (C=O) groups excluding carboxylic acids is 2. The van der Waals surface area contributed by atoms with Crippen LogP contribution in [0, 0.1) is 0 Å². The largest absolute Gasteiger partial charge is 0.550 e. The second-order valence-corrected chi connectivity index (χ2v) is 3.14. The molecule has 0 aliphatic carbocycles. The number of hydrogen-bond donors (Lipinski definition) is 1. The van der Waals surface area contributed by atoms with Gasteiger partial charge in [0, 0.05) is 12.4 Å². The van der Waals surface area contributed by atoms with Gasteiger partial charge in [0.2, 0.25) is 0 Å². The lowest BCUT2D eigenvalue weighted by atomic mass is 10.2. The molecule has 0 saturated carbocycles. The highest BCUT2D eigenvalue weighted by molar-refractivity contribution is 5.69. The zero-order chi connectivity index (χ0) is 12.2. The maximum Gasteiger partial charge on any atom is 0.305 e. The Hall–Kier alpha value is -1.14. The van der Waals surface area contributed by atoms with Gasteiger partial charge in [0.05, 0.1) is 19.8 Å². The molecule has 6 heteroatoms. The smallest absolute Gasteiger partial charge is 0.305 e. The number of aliphatic carboxylic acids is 1. The lowest BCUT2D eigenvalue weighted by molar-refractivity contribution is -0.305. The fourth-order valence-corrected chi connectivity index (χ4v) is 0.992. The third-order valence-electron chi connectivity index (χ3n) is 1.74. The maximum atomic E-state index is 11.0. The monoisotopic (exact) mass is 233 g/mol. The van der Waals surface area contributed by atoms with Crippen molar-refractivity contribution in [1.29, 1.82) is 0 Å². The van der Waals surface area contributed by atoms with Crippen molar-refractivity contribution in [3.8, 4) is 0 Å². The summed E-state index contributed by atoms with van der Waals surface area (Å²) < 4.78 is 9.66. The predicted molar refractivity (Wildman–Crippen MR) is 52.3 cm³/mol. The van der Waals surface area contributed by atoms with Crippen molar-refractivity contribution in [3.05, 3.63) is 0 Å². The van der Waals surface area contributed by atoms with Crippen molar-refractivity contribution in [2.45, 2.75) is 25.7 Å². The minimum Gasteiger partial charge on any atom is -0.550 e. The zero-order valence-electron chi connectivity index (χ0n) is 9.15. The van der Waals surface area contributed by atoms with Crippen LogP contribution in [0.5, 0.6) is 0 Å². The fourth-order valence-electron chi connectivity index (χ4n) is 0.992. The fraction of sp³-hybridized carbons (Fsp3) is 0.800. The second-order valence-electron chi connectivity index (χ2n) is 3.14. The molecule has 0 aromatic rings. The van der Waals surface area contributed by atoms with Gasteiger partial charge in [0.1, 0.15) is 6.61 Å². The van der Waals surface area contributed by atoms with Crippen LogP contribution in [0.25, 0.3) is 0 Å². The maximum absolute atomic E-state index is 11.0. The van der Waals surface area contributed by atoms with Crippen molar-refractivity contribution in [2.75, 3.05) is 26.4 Å². The first-order valence-electron chi connectivity index (χ1n) is 5.21. The average molecular weight is 233 g/mol. The highest BCUT2D eigenvalue weighted by Crippen LogP contribution is 2.00. The van der Waals surface area contributed by atoms with Crippen LogP contribution < -0.4 is 5.11 Å². The van der Waals surface area contributed by atoms with E-state index in [0.29, 0.717) is 12.8 Å². The van der Waals surface area contributed by atoms with Gasteiger partial charge in [-0.25, -0.2) is 0 Å². The van der Waals surface area contributed by atoms with Crippen molar-refractivity contribution < 1.29 is 29.3 Å². The van der Waals surface area contributed by atoms with E-state index in [9.17, 15) is 14.7 Å². The van der Waals surface area contributed by atoms with Gasteiger partial charge >= 0.3 is 5.97 Å². The summed E-state index contributed by atoms with van der Waals surface area (Å²) in [5.41, 5.74) is 0. The number of hydrogen-bond acceptors (Lipinski definition) is 6. The number of aliphatic hydroxyl groups excluding tert-OH is 1. The molecule has 0 radical (unpaired) electrons. The molecule has 0 aromatic carbocycles. The number of aliphatic hydroxyl groups is 1. The van der Waals surface area contributed by atoms with E-state index in [2.05, 4.69) is 0 Å². The molecule has 6 nitrogen and oxygen atoms in total. The van der Waals surface area contributed by atoms with E-state index >= 15 is 0 Å². The van der Waals surface area contributed by atoms with Gasteiger partial charge in [0.25, 0.3) is 0 Å². The molecule has 16 heavy (non-hydrogen) atoms. The van der Waals surface area contributed by atoms with Gasteiger partial charge < -0.3 is 24.5 Å². The third-order valence-corrected chi connectivity index (χ3v) is 1.74. The predicted octanol–water partition coefficient (Wildman–Crippen LogP) is -1.15. The molecule has 0 aromatic heterocycles. The van der Waals surface area contributed by atoms with E-state index in [1.807, 2.05) is 0 Å². The van der Waals surface area contributed by atoms with Gasteiger partial charge in [-0.2, -0.15) is 0 Å². The molecule has 0 aliphatic heterocycles. The Morgan fingerprint density at radius 1 is 1.06 bits per heavy atom. The minimum atomic E-state index is -1.11. The Bertz CT molecular complexity index is 203. The molecule has 1 N–H and O–H groups in total. The second kappa shape index (κ2) is 10.4. The summed E-state index contributed by atoms with van der Waals surface area (Å²) in [6, 6.07) is 0. The number of rotatable bonds is 10. The Balaban J connectivity index is 3.21. The normalized spacial score (nSPS) is 10.1. The summed E-state index contributed by atoms with van der Waals surface area (Å²) in [6.07, 6.45) is 1.06. The van der Waals surface area contributed by atoms with Crippen LogP contribution in [-0.2, 0) is 19.1 Å². The van der Waals surface area contributed by atoms with Crippen LogP contribution in [-0.4, -0.2) is 43.5 Å². The van der Waals surface area contributed by atoms with Crippen LogP contribution in [0.1, 0.15) is 25.7 Å². The average Bonchev–Trinajstić information content (AvgIpc) is 2.24. The van der Waals surface area contributed by atoms with Crippen LogP contribution in [0.15, 0.2) is 0 Å². The zero-order valence-corrected chi connectivity index (χ0v) is 9.15. The third kappa shape index (κ3) is 10.9. The molecular weight excluding hydrogens is 216 g/mol. The van der Waals surface area contributed by atoms with Crippen molar-refractivity contribution >= 4 is 11.9 Å². The SMILES string of the molecule is O=C([O-])CCCCC(=O)OCCOCCO. The van der Waals surface area contributed by atoms with Gasteiger partial charge in [-0.15, -0.1) is 0 Å². The lowest BCUT2D eigenvalue weighted by Gasteiger charge is -2.05. The first-order valence-corrected chi connectivity index (χ1v) is 5.21. The standard InChI is InChI=1S/C10H18O6/c11-5-6-15-7-8-16-10(14)4-2-1-3-9(12)13/h11H,1-8H2,(H,12,13)/p-1. The molecule has 0 bridgehead atoms. The number of esters is 1. The number of unbranched alkanes of at least 4 members (excludes halogenated alkanes) is 1. The van der Waals surface area contributed by atoms with Crippen molar-refractivity contribution in [1.82, 2.24) is 0 Å². The molecular formula is C10H17O6-. The first-order chi connectivity index (χ1) is 7.66. The topological polar surface area (TPSA) is 95.9 Å². The molecule has 0 fully saturated rings. The van der Waals surface area contributed by atoms with E-state index in [4.69, 9.17) is 14.6 Å². The lowest BCUT2D eigenvalue weighted by Crippen LogP contribution is -2.21. The van der Waals surface area contributed by atoms with E-state index in [-0.39, 0.29) is 45.2 Å². The molecule has 0 amide bonds. The summed E-state index contributed by atoms with van der Waals surface area (Å²) in [5, 5.41) is 18.4. The first kappa shape index (κ1) is 14.9. The molecule has 94 valence electrons. The number of carboxylic acids is 1. The Labute approximate surface area is 94.2 Å². The van der Waals surface area contributed by atoms with Crippen LogP contribution in [0.4, 0.5) is 0 Å². The summed E-state index contributed by atoms with van der Waals surface area (Å²) in [5.74, 6) is -1.48. The molecule has 0 unspecified atom stereocenters. The highest BCUT2D eigenvalue weighted by Gasteiger charge is 2.02. The van der Waals surface area contributed by atoms with E-state index < -0.39 is 5.97 Å². The summed E-state index contributed by atoms with van der Waals surface area (Å²) in [4.78, 5) is 21.1. The Kier molecular flexibility index (Phi) is 9.64. The quantitative estimate of drug-likeness (QED) is 0.378. The van der Waals surface area contributed by atoms with E-state index in [1.54, 1.807) is 0 Å². The van der Waals surface area contributed by atoms with E-state index in [1.165, 1.54) is 0 Å². The molecule has 0 saturated heterocycles. The summed E-state index contributed by atoms with van der Waals surface area (Å²) in [7, 11) is 0. The molecule has 0 aliphatic rings.